The van der Waals surface area contributed by atoms with Gasteiger partial charge in [0.1, 0.15) is 6.10 Å². The summed E-state index contributed by atoms with van der Waals surface area (Å²) in [7, 11) is 1.85. The number of unbranched alkanes of at least 4 members (excludes halogenated alkanes) is 10. The summed E-state index contributed by atoms with van der Waals surface area (Å²) in [6.45, 7) is 15.3. The fraction of sp³-hybridized carbons (Fsp3) is 0.911. The summed E-state index contributed by atoms with van der Waals surface area (Å²) in [6, 6.07) is 0. The summed E-state index contributed by atoms with van der Waals surface area (Å²) in [6.07, 6.45) is 31.8. The monoisotopic (exact) mass is 682 g/mol. The zero-order valence-electron chi connectivity index (χ0n) is 33.5. The maximum absolute atomic E-state index is 12.9. The van der Waals surface area contributed by atoms with Crippen molar-refractivity contribution in [1.82, 2.24) is 4.90 Å². The second-order valence-electron chi connectivity index (χ2n) is 18.5. The molecule has 0 aromatic rings. The molecule has 0 N–H and O–H groups in total. The first kappa shape index (κ1) is 40.5. The van der Waals surface area contributed by atoms with Gasteiger partial charge in [0.2, 0.25) is 5.91 Å². The van der Waals surface area contributed by atoms with Gasteiger partial charge in [-0.2, -0.15) is 0 Å². The minimum atomic E-state index is -0.134. The van der Waals surface area contributed by atoms with E-state index >= 15 is 0 Å². The topological polar surface area (TPSA) is 46.6 Å². The Balaban J connectivity index is 1.15. The van der Waals surface area contributed by atoms with Crippen LogP contribution >= 0.6 is 0 Å². The first-order valence-electron chi connectivity index (χ1n) is 21.6. The standard InChI is InChI=1S/C45H79NO3/c1-8-9-10-11-12-13-14-15-16-17-18-22-42(47)46(7)32-29-43(48)49-37-27-30-44(5)36(33-37)23-24-38-40-26-25-39(35(4)21-19-20-34(2)3)45(40,6)31-28-41(38)44/h23,34-35,37-41H,8-22,24-33H2,1-7H3/t35-,37+,38+,39-,40+,41+,44+,45-/m1/s1. The van der Waals surface area contributed by atoms with E-state index in [2.05, 4.69) is 47.6 Å². The van der Waals surface area contributed by atoms with Crippen molar-refractivity contribution >= 4 is 11.9 Å². The van der Waals surface area contributed by atoms with Gasteiger partial charge in [-0.15, -0.1) is 0 Å². The van der Waals surface area contributed by atoms with Crippen molar-refractivity contribution in [3.63, 3.8) is 0 Å². The van der Waals surface area contributed by atoms with Crippen molar-refractivity contribution in [2.45, 2.75) is 202 Å². The maximum atomic E-state index is 12.9. The number of nitrogens with zero attached hydrogens (tertiary/aromatic N) is 1. The van der Waals surface area contributed by atoms with Gasteiger partial charge in [-0.3, -0.25) is 9.59 Å². The Hall–Kier alpha value is -1.32. The Kier molecular flexibility index (Phi) is 16.1. The number of fused-ring (bicyclic) bond motifs is 5. The average Bonchev–Trinajstić information content (AvgIpc) is 3.43. The van der Waals surface area contributed by atoms with Crippen molar-refractivity contribution < 1.29 is 14.3 Å². The van der Waals surface area contributed by atoms with E-state index in [1.165, 1.54) is 109 Å². The molecule has 0 heterocycles. The lowest BCUT2D eigenvalue weighted by atomic mass is 9.47. The van der Waals surface area contributed by atoms with Crippen molar-refractivity contribution in [2.75, 3.05) is 13.6 Å². The maximum Gasteiger partial charge on any atom is 0.307 e. The minimum Gasteiger partial charge on any atom is -0.462 e. The number of allylic oxidation sites excluding steroid dienone is 1. The molecule has 49 heavy (non-hydrogen) atoms. The lowest BCUT2D eigenvalue weighted by molar-refractivity contribution is -0.152. The molecule has 4 aliphatic carbocycles. The van der Waals surface area contributed by atoms with E-state index in [1.807, 2.05) is 7.05 Å². The molecule has 1 amide bonds. The lowest BCUT2D eigenvalue weighted by Crippen LogP contribution is -2.51. The van der Waals surface area contributed by atoms with Crippen LogP contribution in [0.2, 0.25) is 0 Å². The van der Waals surface area contributed by atoms with Gasteiger partial charge in [0, 0.05) is 26.4 Å². The third kappa shape index (κ3) is 10.8. The van der Waals surface area contributed by atoms with E-state index in [9.17, 15) is 9.59 Å². The van der Waals surface area contributed by atoms with Gasteiger partial charge in [-0.1, -0.05) is 137 Å². The van der Waals surface area contributed by atoms with Crippen LogP contribution in [0.1, 0.15) is 196 Å². The van der Waals surface area contributed by atoms with Crippen LogP contribution < -0.4 is 0 Å². The SMILES string of the molecule is CCCCCCCCCCCCCC(=O)N(C)CCC(=O)O[C@H]1CC[C@@]2(C)C(=CC[C@H]3[C@@H]4CC[C@H]([C@H](C)CCCC(C)C)[C@@]4(C)CC[C@@H]32)C1. The van der Waals surface area contributed by atoms with E-state index in [0.29, 0.717) is 24.8 Å². The number of carbonyl (C=O) groups is 2. The van der Waals surface area contributed by atoms with Gasteiger partial charge >= 0.3 is 5.97 Å². The summed E-state index contributed by atoms with van der Waals surface area (Å²) in [5, 5.41) is 0. The number of esters is 1. The van der Waals surface area contributed by atoms with Crippen molar-refractivity contribution in [3.8, 4) is 0 Å². The Morgan fingerprint density at radius 2 is 1.49 bits per heavy atom. The minimum absolute atomic E-state index is 0.00266. The summed E-state index contributed by atoms with van der Waals surface area (Å²) in [5.41, 5.74) is 2.38. The summed E-state index contributed by atoms with van der Waals surface area (Å²) in [5.74, 6) is 5.11. The molecule has 3 saturated carbocycles. The zero-order chi connectivity index (χ0) is 35.4. The molecule has 0 saturated heterocycles. The highest BCUT2D eigenvalue weighted by Crippen LogP contribution is 2.67. The highest BCUT2D eigenvalue weighted by Gasteiger charge is 2.59. The number of rotatable bonds is 21. The highest BCUT2D eigenvalue weighted by molar-refractivity contribution is 5.77. The van der Waals surface area contributed by atoms with Gasteiger partial charge in [0.25, 0.3) is 0 Å². The number of ether oxygens (including phenoxy) is 1. The number of hydrogen-bond acceptors (Lipinski definition) is 3. The normalized spacial score (nSPS) is 31.4. The molecule has 8 atom stereocenters. The fourth-order valence-corrected chi connectivity index (χ4v) is 11.5. The van der Waals surface area contributed by atoms with Crippen LogP contribution in [0.15, 0.2) is 11.6 Å². The number of hydrogen-bond donors (Lipinski definition) is 0. The Morgan fingerprint density at radius 3 is 2.16 bits per heavy atom. The second-order valence-corrected chi connectivity index (χ2v) is 18.5. The third-order valence-electron chi connectivity index (χ3n) is 14.6. The fourth-order valence-electron chi connectivity index (χ4n) is 11.5. The Morgan fingerprint density at radius 1 is 0.816 bits per heavy atom. The van der Waals surface area contributed by atoms with Crippen LogP contribution in [0.25, 0.3) is 0 Å². The molecule has 282 valence electrons. The quantitative estimate of drug-likeness (QED) is 0.0688. The van der Waals surface area contributed by atoms with E-state index in [1.54, 1.807) is 10.5 Å². The predicted molar refractivity (Wildman–Crippen MR) is 206 cm³/mol. The zero-order valence-corrected chi connectivity index (χ0v) is 33.5. The molecule has 0 aromatic heterocycles. The van der Waals surface area contributed by atoms with E-state index in [0.717, 1.165) is 67.6 Å². The average molecular weight is 682 g/mol. The molecule has 0 unspecified atom stereocenters. The van der Waals surface area contributed by atoms with Crippen molar-refractivity contribution in [2.24, 2.45) is 46.3 Å². The Labute approximate surface area is 303 Å². The largest absolute Gasteiger partial charge is 0.462 e. The van der Waals surface area contributed by atoms with Crippen LogP contribution in [-0.4, -0.2) is 36.5 Å². The second kappa shape index (κ2) is 19.5. The van der Waals surface area contributed by atoms with Crippen LogP contribution in [0, 0.1) is 46.3 Å². The smallest absolute Gasteiger partial charge is 0.307 e. The molecule has 4 nitrogen and oxygen atoms in total. The molecule has 0 bridgehead atoms. The summed E-state index contributed by atoms with van der Waals surface area (Å²) >= 11 is 0. The third-order valence-corrected chi connectivity index (χ3v) is 14.6. The van der Waals surface area contributed by atoms with E-state index in [-0.39, 0.29) is 23.4 Å². The van der Waals surface area contributed by atoms with Gasteiger partial charge in [-0.25, -0.2) is 0 Å². The number of amides is 1. The van der Waals surface area contributed by atoms with Crippen LogP contribution in [0.5, 0.6) is 0 Å². The molecule has 0 spiro atoms. The molecule has 4 rings (SSSR count). The molecule has 4 heteroatoms. The highest BCUT2D eigenvalue weighted by atomic mass is 16.5. The van der Waals surface area contributed by atoms with Crippen LogP contribution in [0.4, 0.5) is 0 Å². The first-order chi connectivity index (χ1) is 23.5. The summed E-state index contributed by atoms with van der Waals surface area (Å²) < 4.78 is 6.08. The molecular formula is C45H79NO3. The molecule has 0 aromatic carbocycles. The Bertz CT molecular complexity index is 1050. The lowest BCUT2D eigenvalue weighted by Gasteiger charge is -2.58. The van der Waals surface area contributed by atoms with Gasteiger partial charge < -0.3 is 9.64 Å². The van der Waals surface area contributed by atoms with E-state index in [4.69, 9.17) is 4.74 Å². The van der Waals surface area contributed by atoms with Crippen molar-refractivity contribution in [1.29, 1.82) is 0 Å². The molecule has 0 aliphatic heterocycles. The molecule has 4 aliphatic rings. The molecule has 3 fully saturated rings. The van der Waals surface area contributed by atoms with Gasteiger partial charge in [0.15, 0.2) is 0 Å². The predicted octanol–water partition coefficient (Wildman–Crippen LogP) is 12.5. The first-order valence-corrected chi connectivity index (χ1v) is 21.6. The van der Waals surface area contributed by atoms with Crippen molar-refractivity contribution in [3.05, 3.63) is 11.6 Å². The van der Waals surface area contributed by atoms with Gasteiger partial charge in [-0.05, 0) is 97.7 Å². The van der Waals surface area contributed by atoms with Crippen LogP contribution in [-0.2, 0) is 14.3 Å². The van der Waals surface area contributed by atoms with Gasteiger partial charge in [0.05, 0.1) is 6.42 Å². The van der Waals surface area contributed by atoms with E-state index < -0.39 is 0 Å². The number of carbonyl (C=O) groups excluding carboxylic acids is 2. The molecule has 0 radical (unpaired) electrons. The summed E-state index contributed by atoms with van der Waals surface area (Å²) in [4.78, 5) is 27.4. The van der Waals surface area contributed by atoms with Crippen LogP contribution in [0.3, 0.4) is 0 Å². The molecular weight excluding hydrogens is 602 g/mol.